The van der Waals surface area contributed by atoms with Gasteiger partial charge in [0.1, 0.15) is 17.9 Å². The average molecular weight is 365 g/mol. The van der Waals surface area contributed by atoms with Crippen LogP contribution in [0, 0.1) is 0 Å². The van der Waals surface area contributed by atoms with Gasteiger partial charge in [0.2, 0.25) is 0 Å². The Hall–Kier alpha value is -3.19. The van der Waals surface area contributed by atoms with Gasteiger partial charge >= 0.3 is 0 Å². The van der Waals surface area contributed by atoms with Crippen LogP contribution in [-0.2, 0) is 0 Å². The number of amides is 1. The first-order chi connectivity index (χ1) is 13.0. The van der Waals surface area contributed by atoms with E-state index in [0.29, 0.717) is 16.9 Å². The number of carbonyl (C=O) groups is 1. The Morgan fingerprint density at radius 3 is 2.67 bits per heavy atom. The van der Waals surface area contributed by atoms with E-state index in [-0.39, 0.29) is 6.04 Å². The second-order valence-electron chi connectivity index (χ2n) is 6.49. The first-order valence-corrected chi connectivity index (χ1v) is 8.59. The second kappa shape index (κ2) is 8.01. The van der Waals surface area contributed by atoms with E-state index in [1.54, 1.807) is 19.2 Å². The first kappa shape index (κ1) is 18.6. The average Bonchev–Trinajstić information content (AvgIpc) is 2.66. The molecule has 0 saturated carbocycles. The lowest BCUT2D eigenvalue weighted by Gasteiger charge is -2.25. The van der Waals surface area contributed by atoms with E-state index in [0.717, 1.165) is 23.2 Å². The maximum absolute atomic E-state index is 11.7. The highest BCUT2D eigenvalue weighted by atomic mass is 16.5. The lowest BCUT2D eigenvalue weighted by Crippen LogP contribution is -2.26. The van der Waals surface area contributed by atoms with Gasteiger partial charge in [-0.25, -0.2) is 9.97 Å². The number of likely N-dealkylation sites (N-methyl/N-ethyl adjacent to an activating group) is 1. The molecule has 1 aromatic heterocycles. The summed E-state index contributed by atoms with van der Waals surface area (Å²) >= 11 is 0. The molecule has 7 heteroatoms. The predicted octanol–water partition coefficient (Wildman–Crippen LogP) is 2.45. The number of aromatic nitrogens is 2. The van der Waals surface area contributed by atoms with Gasteiger partial charge in [-0.1, -0.05) is 24.3 Å². The maximum Gasteiger partial charge on any atom is 0.250 e. The third kappa shape index (κ3) is 3.98. The molecule has 3 rings (SSSR count). The summed E-state index contributed by atoms with van der Waals surface area (Å²) in [5, 5.41) is 4.23. The Bertz CT molecular complexity index is 958. The first-order valence-electron chi connectivity index (χ1n) is 8.59. The second-order valence-corrected chi connectivity index (χ2v) is 6.49. The van der Waals surface area contributed by atoms with Gasteiger partial charge < -0.3 is 20.7 Å². The molecule has 1 heterocycles. The molecule has 1 atom stereocenters. The number of benzene rings is 2. The summed E-state index contributed by atoms with van der Waals surface area (Å²) in [6.07, 6.45) is 1.44. The minimum atomic E-state index is -0.514. The number of fused-ring (bicyclic) bond motifs is 1. The zero-order valence-corrected chi connectivity index (χ0v) is 15.6. The Labute approximate surface area is 158 Å². The number of nitrogens with one attached hydrogen (secondary N) is 1. The summed E-state index contributed by atoms with van der Waals surface area (Å²) in [6.45, 7) is 0.724. The lowest BCUT2D eigenvalue weighted by atomic mass is 10.0. The Kier molecular flexibility index (Phi) is 5.52. The highest BCUT2D eigenvalue weighted by Crippen LogP contribution is 2.30. The van der Waals surface area contributed by atoms with Gasteiger partial charge in [0.15, 0.2) is 0 Å². The normalized spacial score (nSPS) is 12.1. The van der Waals surface area contributed by atoms with E-state index in [1.807, 2.05) is 44.4 Å². The Morgan fingerprint density at radius 2 is 1.96 bits per heavy atom. The standard InChI is InChI=1S/C20H23N5O2/c1-25(2)11-16(13-7-4-5-10-17(13)27-3)24-20-15-9-6-8-14(19(21)26)18(15)22-12-23-20/h4-10,12,16H,11H2,1-3H3,(H2,21,26)(H,22,23,24). The van der Waals surface area contributed by atoms with Crippen LogP contribution in [0.2, 0.25) is 0 Å². The molecule has 0 saturated heterocycles. The number of anilines is 1. The molecule has 140 valence electrons. The van der Waals surface area contributed by atoms with Crippen LogP contribution in [0.5, 0.6) is 5.75 Å². The summed E-state index contributed by atoms with van der Waals surface area (Å²) in [4.78, 5) is 22.5. The van der Waals surface area contributed by atoms with Crippen molar-refractivity contribution in [3.63, 3.8) is 0 Å². The van der Waals surface area contributed by atoms with Gasteiger partial charge in [-0.3, -0.25) is 4.79 Å². The van der Waals surface area contributed by atoms with Crippen molar-refractivity contribution in [3.05, 3.63) is 59.9 Å². The number of nitrogens with zero attached hydrogens (tertiary/aromatic N) is 3. The van der Waals surface area contributed by atoms with E-state index in [9.17, 15) is 4.79 Å². The molecule has 0 aliphatic heterocycles. The predicted molar refractivity (Wildman–Crippen MR) is 106 cm³/mol. The van der Waals surface area contributed by atoms with Crippen molar-refractivity contribution < 1.29 is 9.53 Å². The van der Waals surface area contributed by atoms with Crippen molar-refractivity contribution in [1.29, 1.82) is 0 Å². The zero-order chi connectivity index (χ0) is 19.4. The molecular formula is C20H23N5O2. The maximum atomic E-state index is 11.7. The molecule has 0 aliphatic rings. The highest BCUT2D eigenvalue weighted by molar-refractivity contribution is 6.06. The smallest absolute Gasteiger partial charge is 0.250 e. The van der Waals surface area contributed by atoms with E-state index < -0.39 is 5.91 Å². The largest absolute Gasteiger partial charge is 0.496 e. The fourth-order valence-electron chi connectivity index (χ4n) is 3.11. The van der Waals surface area contributed by atoms with Gasteiger partial charge in [-0.05, 0) is 32.3 Å². The Balaban J connectivity index is 2.07. The van der Waals surface area contributed by atoms with Crippen LogP contribution in [0.15, 0.2) is 48.8 Å². The van der Waals surface area contributed by atoms with Crippen molar-refractivity contribution >= 4 is 22.6 Å². The summed E-state index contributed by atoms with van der Waals surface area (Å²) in [7, 11) is 5.67. The number of hydrogen-bond acceptors (Lipinski definition) is 6. The summed E-state index contributed by atoms with van der Waals surface area (Å²) in [6, 6.07) is 13.1. The molecule has 7 nitrogen and oxygen atoms in total. The topological polar surface area (TPSA) is 93.4 Å². The molecular weight excluding hydrogens is 342 g/mol. The SMILES string of the molecule is COc1ccccc1C(CN(C)C)Nc1ncnc2c(C(N)=O)cccc12. The molecule has 2 aromatic carbocycles. The van der Waals surface area contributed by atoms with E-state index >= 15 is 0 Å². The quantitative estimate of drug-likeness (QED) is 0.668. The number of nitrogens with two attached hydrogens (primary N) is 1. The van der Waals surface area contributed by atoms with E-state index in [1.165, 1.54) is 6.33 Å². The molecule has 1 unspecified atom stereocenters. The van der Waals surface area contributed by atoms with Gasteiger partial charge in [-0.15, -0.1) is 0 Å². The van der Waals surface area contributed by atoms with E-state index in [4.69, 9.17) is 10.5 Å². The number of ether oxygens (including phenoxy) is 1. The monoisotopic (exact) mass is 365 g/mol. The minimum Gasteiger partial charge on any atom is -0.496 e. The zero-order valence-electron chi connectivity index (χ0n) is 15.6. The van der Waals surface area contributed by atoms with Crippen LogP contribution >= 0.6 is 0 Å². The number of rotatable bonds is 7. The molecule has 0 bridgehead atoms. The van der Waals surface area contributed by atoms with Gasteiger partial charge in [-0.2, -0.15) is 0 Å². The molecule has 0 radical (unpaired) electrons. The van der Waals surface area contributed by atoms with Crippen molar-refractivity contribution in [3.8, 4) is 5.75 Å². The van der Waals surface area contributed by atoms with Crippen LogP contribution in [0.25, 0.3) is 10.9 Å². The highest BCUT2D eigenvalue weighted by Gasteiger charge is 2.19. The van der Waals surface area contributed by atoms with Crippen LogP contribution in [-0.4, -0.2) is 48.5 Å². The molecule has 3 N–H and O–H groups in total. The number of carbonyl (C=O) groups excluding carboxylic acids is 1. The van der Waals surface area contributed by atoms with E-state index in [2.05, 4.69) is 20.2 Å². The third-order valence-corrected chi connectivity index (χ3v) is 4.30. The number of para-hydroxylation sites is 2. The van der Waals surface area contributed by atoms with Gasteiger partial charge in [0, 0.05) is 17.5 Å². The summed E-state index contributed by atoms with van der Waals surface area (Å²) in [5.74, 6) is 0.925. The van der Waals surface area contributed by atoms with Crippen molar-refractivity contribution in [1.82, 2.24) is 14.9 Å². The number of methoxy groups -OCH3 is 1. The number of hydrogen-bond donors (Lipinski definition) is 2. The van der Waals surface area contributed by atoms with Crippen LogP contribution < -0.4 is 15.8 Å². The fraction of sp³-hybridized carbons (Fsp3) is 0.250. The summed E-state index contributed by atoms with van der Waals surface area (Å²) in [5.41, 5.74) is 7.41. The van der Waals surface area contributed by atoms with Gasteiger partial charge in [0.05, 0.1) is 24.2 Å². The fourth-order valence-corrected chi connectivity index (χ4v) is 3.11. The molecule has 0 aliphatic carbocycles. The minimum absolute atomic E-state index is 0.0773. The van der Waals surface area contributed by atoms with Crippen LogP contribution in [0.4, 0.5) is 5.82 Å². The Morgan fingerprint density at radius 1 is 1.19 bits per heavy atom. The summed E-state index contributed by atoms with van der Waals surface area (Å²) < 4.78 is 5.53. The molecule has 0 spiro atoms. The van der Waals surface area contributed by atoms with Crippen LogP contribution in [0.3, 0.4) is 0 Å². The van der Waals surface area contributed by atoms with Crippen molar-refractivity contribution in [2.75, 3.05) is 33.1 Å². The third-order valence-electron chi connectivity index (χ3n) is 4.30. The number of primary amides is 1. The molecule has 27 heavy (non-hydrogen) atoms. The lowest BCUT2D eigenvalue weighted by molar-refractivity contribution is 0.100. The molecule has 0 fully saturated rings. The molecule has 3 aromatic rings. The van der Waals surface area contributed by atoms with Gasteiger partial charge in [0.25, 0.3) is 5.91 Å². The molecule has 1 amide bonds. The van der Waals surface area contributed by atoms with Crippen LogP contribution in [0.1, 0.15) is 22.0 Å². The van der Waals surface area contributed by atoms with Crippen molar-refractivity contribution in [2.45, 2.75) is 6.04 Å². The van der Waals surface area contributed by atoms with Crippen molar-refractivity contribution in [2.24, 2.45) is 5.73 Å².